The highest BCUT2D eigenvalue weighted by molar-refractivity contribution is 6.01. The molecule has 3 heterocycles. The number of methoxy groups -OCH3 is 1. The third kappa shape index (κ3) is 4.25. The van der Waals surface area contributed by atoms with Crippen molar-refractivity contribution in [2.75, 3.05) is 39.5 Å². The zero-order valence-corrected chi connectivity index (χ0v) is 20.1. The number of hydrogen-bond donors (Lipinski definition) is 1. The molecule has 1 aliphatic carbocycles. The number of aromatic nitrogens is 3. The molecule has 8 heteroatoms. The van der Waals surface area contributed by atoms with Crippen LogP contribution in [0.5, 0.6) is 5.75 Å². The molecule has 2 fully saturated rings. The molecule has 2 N–H and O–H groups in total. The summed E-state index contributed by atoms with van der Waals surface area (Å²) in [5, 5.41) is 0.834. The maximum Gasteiger partial charge on any atom is 0.246 e. The number of hydrogen-bond acceptors (Lipinski definition) is 6. The minimum absolute atomic E-state index is 0.0702. The second-order valence-electron chi connectivity index (χ2n) is 9.39. The molecule has 0 spiro atoms. The Labute approximate surface area is 200 Å². The second kappa shape index (κ2) is 9.10. The molecule has 8 nitrogen and oxygen atoms in total. The number of anilines is 1. The second-order valence-corrected chi connectivity index (χ2v) is 9.39. The Kier molecular flexibility index (Phi) is 6.00. The van der Waals surface area contributed by atoms with Crippen LogP contribution in [0.4, 0.5) is 5.82 Å². The molecule has 1 aliphatic heterocycles. The minimum Gasteiger partial charge on any atom is -0.496 e. The number of carbonyl (C=O) groups excluding carboxylic acids is 1. The van der Waals surface area contributed by atoms with Crippen LogP contribution in [0.1, 0.15) is 30.9 Å². The number of nitrogen functional groups attached to an aromatic ring is 1. The van der Waals surface area contributed by atoms with Crippen molar-refractivity contribution < 1.29 is 9.53 Å². The molecule has 1 saturated carbocycles. The highest BCUT2D eigenvalue weighted by atomic mass is 16.5. The number of aryl methyl sites for hydroxylation is 1. The lowest BCUT2D eigenvalue weighted by molar-refractivity contribution is -0.125. The fraction of sp³-hybridized carbons (Fsp3) is 0.423. The Hall–Kier alpha value is -3.39. The lowest BCUT2D eigenvalue weighted by Crippen LogP contribution is -2.28. The maximum absolute atomic E-state index is 12.8. The van der Waals surface area contributed by atoms with Crippen molar-refractivity contribution >= 4 is 22.8 Å². The Bertz CT molecular complexity index is 1250. The van der Waals surface area contributed by atoms with Crippen molar-refractivity contribution in [1.82, 2.24) is 24.3 Å². The van der Waals surface area contributed by atoms with E-state index in [1.807, 2.05) is 30.0 Å². The van der Waals surface area contributed by atoms with E-state index in [1.165, 1.54) is 19.2 Å². The van der Waals surface area contributed by atoms with Gasteiger partial charge in [-0.25, -0.2) is 9.97 Å². The van der Waals surface area contributed by atoms with Crippen LogP contribution in [0.25, 0.3) is 22.2 Å². The van der Waals surface area contributed by atoms with Gasteiger partial charge in [0.05, 0.1) is 18.5 Å². The zero-order valence-electron chi connectivity index (χ0n) is 20.1. The molecule has 1 aromatic carbocycles. The number of carbonyl (C=O) groups is 1. The summed E-state index contributed by atoms with van der Waals surface area (Å²) in [6.45, 7) is 4.20. The lowest BCUT2D eigenvalue weighted by atomic mass is 10.0. The molecular weight excluding hydrogens is 428 g/mol. The van der Waals surface area contributed by atoms with Gasteiger partial charge >= 0.3 is 0 Å². The van der Waals surface area contributed by atoms with Crippen LogP contribution >= 0.6 is 0 Å². The van der Waals surface area contributed by atoms with E-state index in [0.29, 0.717) is 18.4 Å². The smallest absolute Gasteiger partial charge is 0.246 e. The summed E-state index contributed by atoms with van der Waals surface area (Å²) >= 11 is 0. The first-order valence-electron chi connectivity index (χ1n) is 11.9. The van der Waals surface area contributed by atoms with Gasteiger partial charge in [-0.05, 0) is 50.4 Å². The molecule has 0 bridgehead atoms. The van der Waals surface area contributed by atoms with E-state index in [0.717, 1.165) is 53.0 Å². The number of likely N-dealkylation sites (N-methyl/N-ethyl adjacent to an activating group) is 1. The van der Waals surface area contributed by atoms with Gasteiger partial charge in [-0.15, -0.1) is 0 Å². The Morgan fingerprint density at radius 1 is 1.29 bits per heavy atom. The number of rotatable bonds is 7. The van der Waals surface area contributed by atoms with Crippen LogP contribution in [0.2, 0.25) is 0 Å². The predicted octanol–water partition coefficient (Wildman–Crippen LogP) is 3.42. The van der Waals surface area contributed by atoms with Crippen LogP contribution in [0.3, 0.4) is 0 Å². The summed E-state index contributed by atoms with van der Waals surface area (Å²) in [6.07, 6.45) is 10.7. The van der Waals surface area contributed by atoms with Crippen molar-refractivity contribution in [3.8, 4) is 16.9 Å². The fourth-order valence-corrected chi connectivity index (χ4v) is 4.85. The van der Waals surface area contributed by atoms with Gasteiger partial charge in [0.1, 0.15) is 23.5 Å². The first-order valence-corrected chi connectivity index (χ1v) is 11.9. The van der Waals surface area contributed by atoms with Gasteiger partial charge in [0.25, 0.3) is 0 Å². The van der Waals surface area contributed by atoms with Crippen molar-refractivity contribution in [3.63, 3.8) is 0 Å². The van der Waals surface area contributed by atoms with Crippen molar-refractivity contribution in [1.29, 1.82) is 0 Å². The van der Waals surface area contributed by atoms with Crippen molar-refractivity contribution in [2.45, 2.75) is 38.3 Å². The summed E-state index contributed by atoms with van der Waals surface area (Å²) in [4.78, 5) is 25.8. The predicted molar refractivity (Wildman–Crippen MR) is 134 cm³/mol. The summed E-state index contributed by atoms with van der Waals surface area (Å²) in [5.74, 6) is 1.35. The third-order valence-electron chi connectivity index (χ3n) is 7.05. The molecule has 1 saturated heterocycles. The van der Waals surface area contributed by atoms with Gasteiger partial charge in [-0.2, -0.15) is 0 Å². The van der Waals surface area contributed by atoms with E-state index in [2.05, 4.69) is 38.7 Å². The van der Waals surface area contributed by atoms with Crippen molar-refractivity contribution in [2.24, 2.45) is 0 Å². The number of fused-ring (bicyclic) bond motifs is 1. The van der Waals surface area contributed by atoms with Gasteiger partial charge in [-0.3, -0.25) is 9.69 Å². The van der Waals surface area contributed by atoms with E-state index < -0.39 is 0 Å². The molecule has 2 aromatic heterocycles. The molecule has 0 radical (unpaired) electrons. The Morgan fingerprint density at radius 3 is 2.88 bits per heavy atom. The Morgan fingerprint density at radius 2 is 2.12 bits per heavy atom. The van der Waals surface area contributed by atoms with E-state index in [4.69, 9.17) is 10.5 Å². The Balaban J connectivity index is 1.39. The lowest BCUT2D eigenvalue weighted by Gasteiger charge is -2.16. The number of nitrogens with two attached hydrogens (primary N) is 1. The van der Waals surface area contributed by atoms with E-state index >= 15 is 0 Å². The molecule has 2 aliphatic rings. The highest BCUT2D eigenvalue weighted by Gasteiger charge is 2.29. The topological polar surface area (TPSA) is 89.5 Å². The summed E-state index contributed by atoms with van der Waals surface area (Å²) < 4.78 is 7.70. The maximum atomic E-state index is 12.8. The van der Waals surface area contributed by atoms with Gasteiger partial charge in [0.15, 0.2) is 0 Å². The SMILES string of the molecule is COc1cc(-c2cn(C3CCN(C(=O)C=CCN(C)C4CC4)C3)c3ncnc(N)c23)ccc1C. The highest BCUT2D eigenvalue weighted by Crippen LogP contribution is 2.38. The third-order valence-corrected chi connectivity index (χ3v) is 7.05. The molecule has 3 aromatic rings. The van der Waals surface area contributed by atoms with E-state index in [-0.39, 0.29) is 11.9 Å². The molecule has 1 atom stereocenters. The van der Waals surface area contributed by atoms with E-state index in [9.17, 15) is 4.79 Å². The average molecular weight is 461 g/mol. The zero-order chi connectivity index (χ0) is 23.8. The number of benzene rings is 1. The minimum atomic E-state index is 0.0702. The first-order chi connectivity index (χ1) is 16.5. The number of nitrogens with zero attached hydrogens (tertiary/aromatic N) is 5. The monoisotopic (exact) mass is 460 g/mol. The summed E-state index contributed by atoms with van der Waals surface area (Å²) in [7, 11) is 3.79. The van der Waals surface area contributed by atoms with Crippen LogP contribution < -0.4 is 10.5 Å². The quantitative estimate of drug-likeness (QED) is 0.544. The van der Waals surface area contributed by atoms with Gasteiger partial charge < -0.3 is 19.9 Å². The normalized spacial score (nSPS) is 18.5. The molecule has 178 valence electrons. The summed E-state index contributed by atoms with van der Waals surface area (Å²) in [6, 6.07) is 6.95. The number of amides is 1. The van der Waals surface area contributed by atoms with Crippen LogP contribution in [0, 0.1) is 6.92 Å². The summed E-state index contributed by atoms with van der Waals surface area (Å²) in [5.41, 5.74) is 10.2. The van der Waals surface area contributed by atoms with Crippen LogP contribution in [0.15, 0.2) is 42.9 Å². The average Bonchev–Trinajstić information content (AvgIpc) is 3.44. The van der Waals surface area contributed by atoms with Gasteiger partial charge in [0, 0.05) is 43.5 Å². The first kappa shape index (κ1) is 22.4. The van der Waals surface area contributed by atoms with E-state index in [1.54, 1.807) is 13.2 Å². The molecule has 34 heavy (non-hydrogen) atoms. The number of ether oxygens (including phenoxy) is 1. The fourth-order valence-electron chi connectivity index (χ4n) is 4.85. The largest absolute Gasteiger partial charge is 0.496 e. The van der Waals surface area contributed by atoms with Gasteiger partial charge in [0.2, 0.25) is 5.91 Å². The standard InChI is InChI=1S/C26H32N6O2/c1-17-6-7-18(13-22(17)34-3)21-15-32(26-24(21)25(27)28-16-29-26)20-10-12-31(14-20)23(33)5-4-11-30(2)19-8-9-19/h4-7,13,15-16,19-20H,8-12,14H2,1-3H3,(H2,27,28,29). The van der Waals surface area contributed by atoms with Crippen molar-refractivity contribution in [3.05, 3.63) is 48.4 Å². The molecule has 1 unspecified atom stereocenters. The molecule has 1 amide bonds. The molecular formula is C26H32N6O2. The van der Waals surface area contributed by atoms with Gasteiger partial charge in [-0.1, -0.05) is 18.2 Å². The molecule has 5 rings (SSSR count). The van der Waals surface area contributed by atoms with Crippen LogP contribution in [-0.4, -0.2) is 70.1 Å². The van der Waals surface area contributed by atoms with Crippen LogP contribution in [-0.2, 0) is 4.79 Å². The number of likely N-dealkylation sites (tertiary alicyclic amines) is 1.